The number of aromatic nitrogens is 4. The molecule has 0 radical (unpaired) electrons. The van der Waals surface area contributed by atoms with Crippen molar-refractivity contribution in [3.8, 4) is 22.5 Å². The lowest BCUT2D eigenvalue weighted by Gasteiger charge is -2.23. The Morgan fingerprint density at radius 1 is 1.06 bits per heavy atom. The second-order valence-electron chi connectivity index (χ2n) is 8.21. The van der Waals surface area contributed by atoms with E-state index in [1.807, 2.05) is 53.6 Å². The highest BCUT2D eigenvalue weighted by Crippen LogP contribution is 2.30. The van der Waals surface area contributed by atoms with Gasteiger partial charge in [0.25, 0.3) is 5.91 Å². The van der Waals surface area contributed by atoms with Gasteiger partial charge in [-0.2, -0.15) is 5.10 Å². The fourth-order valence-corrected chi connectivity index (χ4v) is 4.80. The molecule has 2 unspecified atom stereocenters. The minimum atomic E-state index is 0.0780. The number of hydrogen-bond acceptors (Lipinski definition) is 5. The van der Waals surface area contributed by atoms with E-state index in [0.29, 0.717) is 23.2 Å². The van der Waals surface area contributed by atoms with Gasteiger partial charge in [-0.3, -0.25) is 9.78 Å². The van der Waals surface area contributed by atoms with Crippen LogP contribution in [-0.4, -0.2) is 56.1 Å². The highest BCUT2D eigenvalue weighted by atomic mass is 16.2. The maximum absolute atomic E-state index is 13.2. The smallest absolute Gasteiger partial charge is 0.254 e. The van der Waals surface area contributed by atoms with Crippen molar-refractivity contribution >= 4 is 11.6 Å². The van der Waals surface area contributed by atoms with E-state index in [2.05, 4.69) is 15.4 Å². The molecule has 6 rings (SSSR count). The van der Waals surface area contributed by atoms with E-state index in [1.54, 1.807) is 23.0 Å². The lowest BCUT2D eigenvalue weighted by molar-refractivity contribution is 0.0737. The molecule has 3 aromatic heterocycles. The molecule has 7 nitrogen and oxygen atoms in total. The predicted molar refractivity (Wildman–Crippen MR) is 117 cm³/mol. The number of hydrogen-bond donors (Lipinski definition) is 1. The van der Waals surface area contributed by atoms with E-state index in [4.69, 9.17) is 4.98 Å². The molecule has 2 fully saturated rings. The van der Waals surface area contributed by atoms with E-state index >= 15 is 0 Å². The second-order valence-corrected chi connectivity index (χ2v) is 8.21. The molecule has 5 heterocycles. The van der Waals surface area contributed by atoms with Gasteiger partial charge in [-0.05, 0) is 30.5 Å². The Labute approximate surface area is 179 Å². The van der Waals surface area contributed by atoms with Crippen molar-refractivity contribution in [1.82, 2.24) is 29.8 Å². The van der Waals surface area contributed by atoms with Crippen LogP contribution in [0.5, 0.6) is 0 Å². The van der Waals surface area contributed by atoms with Crippen LogP contribution in [0.2, 0.25) is 0 Å². The number of rotatable bonds is 3. The summed E-state index contributed by atoms with van der Waals surface area (Å²) < 4.78 is 1.74. The zero-order valence-electron chi connectivity index (χ0n) is 17.0. The number of likely N-dealkylation sites (tertiary alicyclic amines) is 1. The van der Waals surface area contributed by atoms with Crippen LogP contribution in [-0.2, 0) is 0 Å². The SMILES string of the molecule is O=C(c1ccnc(-c2cnn3ccc(-c4ccccc4)nc23)c1)N1CCC2CNCC21. The maximum Gasteiger partial charge on any atom is 0.254 e. The van der Waals surface area contributed by atoms with Crippen molar-refractivity contribution in [2.24, 2.45) is 5.92 Å². The molecule has 2 atom stereocenters. The zero-order chi connectivity index (χ0) is 20.8. The summed E-state index contributed by atoms with van der Waals surface area (Å²) in [7, 11) is 0. The normalized spacial score (nSPS) is 20.3. The summed E-state index contributed by atoms with van der Waals surface area (Å²) in [6, 6.07) is 16.0. The third-order valence-electron chi connectivity index (χ3n) is 6.43. The Hall–Kier alpha value is -3.58. The molecule has 31 heavy (non-hydrogen) atoms. The number of benzene rings is 1. The molecule has 0 bridgehead atoms. The van der Waals surface area contributed by atoms with Crippen LogP contribution in [0.4, 0.5) is 0 Å². The van der Waals surface area contributed by atoms with Gasteiger partial charge in [0, 0.05) is 49.2 Å². The molecule has 0 spiro atoms. The first-order valence-corrected chi connectivity index (χ1v) is 10.7. The minimum absolute atomic E-state index is 0.0780. The van der Waals surface area contributed by atoms with Crippen molar-refractivity contribution < 1.29 is 4.79 Å². The number of nitrogens with one attached hydrogen (secondary N) is 1. The van der Waals surface area contributed by atoms with Crippen LogP contribution in [0, 0.1) is 5.92 Å². The predicted octanol–water partition coefficient (Wildman–Crippen LogP) is 2.89. The van der Waals surface area contributed by atoms with Gasteiger partial charge in [0.05, 0.1) is 23.1 Å². The lowest BCUT2D eigenvalue weighted by atomic mass is 10.0. The van der Waals surface area contributed by atoms with Gasteiger partial charge in [0.1, 0.15) is 0 Å². The van der Waals surface area contributed by atoms with E-state index in [-0.39, 0.29) is 5.91 Å². The number of carbonyl (C=O) groups excluding carboxylic acids is 1. The van der Waals surface area contributed by atoms with Gasteiger partial charge in [-0.15, -0.1) is 0 Å². The highest BCUT2D eigenvalue weighted by molar-refractivity contribution is 5.96. The molecule has 2 saturated heterocycles. The van der Waals surface area contributed by atoms with Crippen LogP contribution < -0.4 is 5.32 Å². The van der Waals surface area contributed by atoms with Crippen LogP contribution in [0.3, 0.4) is 0 Å². The Kier molecular flexibility index (Phi) is 4.28. The number of pyridine rings is 1. The molecular formula is C24H22N6O. The van der Waals surface area contributed by atoms with Crippen LogP contribution in [0.1, 0.15) is 16.8 Å². The average molecular weight is 410 g/mol. The largest absolute Gasteiger partial charge is 0.334 e. The minimum Gasteiger partial charge on any atom is -0.334 e. The third-order valence-corrected chi connectivity index (χ3v) is 6.43. The van der Waals surface area contributed by atoms with Crippen molar-refractivity contribution in [2.75, 3.05) is 19.6 Å². The van der Waals surface area contributed by atoms with E-state index in [9.17, 15) is 4.79 Å². The van der Waals surface area contributed by atoms with Crippen molar-refractivity contribution in [1.29, 1.82) is 0 Å². The Morgan fingerprint density at radius 2 is 1.97 bits per heavy atom. The molecule has 154 valence electrons. The third kappa shape index (κ3) is 3.09. The van der Waals surface area contributed by atoms with Gasteiger partial charge >= 0.3 is 0 Å². The summed E-state index contributed by atoms with van der Waals surface area (Å²) >= 11 is 0. The average Bonchev–Trinajstić information content (AvgIpc) is 3.54. The van der Waals surface area contributed by atoms with E-state index in [1.165, 1.54) is 0 Å². The summed E-state index contributed by atoms with van der Waals surface area (Å²) in [5, 5.41) is 7.84. The van der Waals surface area contributed by atoms with E-state index in [0.717, 1.165) is 48.5 Å². The molecule has 1 N–H and O–H groups in total. The standard InChI is InChI=1S/C24H22N6O/c31-24(29-10-7-18-13-25-15-22(18)29)17-6-9-26-21(12-17)19-14-27-30-11-8-20(28-23(19)30)16-4-2-1-3-5-16/h1-6,8-9,11-12,14,18,22,25H,7,10,13,15H2. The second kappa shape index (κ2) is 7.28. The summed E-state index contributed by atoms with van der Waals surface area (Å²) in [6.07, 6.45) is 6.44. The molecule has 1 amide bonds. The topological polar surface area (TPSA) is 75.4 Å². The van der Waals surface area contributed by atoms with Crippen molar-refractivity contribution in [3.63, 3.8) is 0 Å². The maximum atomic E-state index is 13.2. The van der Waals surface area contributed by atoms with Crippen molar-refractivity contribution in [2.45, 2.75) is 12.5 Å². The van der Waals surface area contributed by atoms with Crippen LogP contribution in [0.25, 0.3) is 28.2 Å². The summed E-state index contributed by atoms with van der Waals surface area (Å²) in [5.74, 6) is 0.653. The van der Waals surface area contributed by atoms with Gasteiger partial charge in [-0.1, -0.05) is 30.3 Å². The number of carbonyl (C=O) groups is 1. The Balaban J connectivity index is 1.36. The van der Waals surface area contributed by atoms with Gasteiger partial charge in [0.2, 0.25) is 0 Å². The van der Waals surface area contributed by atoms with Gasteiger partial charge in [-0.25, -0.2) is 9.50 Å². The molecule has 2 aliphatic rings. The molecule has 2 aliphatic heterocycles. The molecule has 1 aromatic carbocycles. The number of nitrogens with zero attached hydrogens (tertiary/aromatic N) is 5. The summed E-state index contributed by atoms with van der Waals surface area (Å²) in [5.41, 5.74) is 4.82. The highest BCUT2D eigenvalue weighted by Gasteiger charge is 2.40. The molecule has 0 saturated carbocycles. The van der Waals surface area contributed by atoms with Gasteiger partial charge in [0.15, 0.2) is 5.65 Å². The monoisotopic (exact) mass is 410 g/mol. The molecule has 7 heteroatoms. The fourth-order valence-electron chi connectivity index (χ4n) is 4.80. The first-order chi connectivity index (χ1) is 15.3. The Morgan fingerprint density at radius 3 is 2.87 bits per heavy atom. The Bertz CT molecular complexity index is 1270. The quantitative estimate of drug-likeness (QED) is 0.562. The van der Waals surface area contributed by atoms with Gasteiger partial charge < -0.3 is 10.2 Å². The first-order valence-electron chi connectivity index (χ1n) is 10.7. The van der Waals surface area contributed by atoms with Crippen LogP contribution >= 0.6 is 0 Å². The number of amides is 1. The number of fused-ring (bicyclic) bond motifs is 2. The molecule has 0 aliphatic carbocycles. The first kappa shape index (κ1) is 18.2. The van der Waals surface area contributed by atoms with Crippen LogP contribution in [0.15, 0.2) is 67.1 Å². The summed E-state index contributed by atoms with van der Waals surface area (Å²) in [6.45, 7) is 2.72. The molecule has 4 aromatic rings. The van der Waals surface area contributed by atoms with E-state index < -0.39 is 0 Å². The lowest BCUT2D eigenvalue weighted by Crippen LogP contribution is -2.39. The summed E-state index contributed by atoms with van der Waals surface area (Å²) in [4.78, 5) is 24.6. The van der Waals surface area contributed by atoms with Crippen molar-refractivity contribution in [3.05, 3.63) is 72.7 Å². The molecular weight excluding hydrogens is 388 g/mol. The fraction of sp³-hybridized carbons (Fsp3) is 0.250. The zero-order valence-corrected chi connectivity index (χ0v) is 17.0.